The first-order valence-electron chi connectivity index (χ1n) is 9.40. The lowest BCUT2D eigenvalue weighted by Crippen LogP contribution is -2.55. The van der Waals surface area contributed by atoms with Gasteiger partial charge in [0.25, 0.3) is 0 Å². The number of carbonyl (C=O) groups is 1. The van der Waals surface area contributed by atoms with E-state index in [1.165, 1.54) is 32.1 Å². The third-order valence-corrected chi connectivity index (χ3v) is 5.47. The first-order valence-corrected chi connectivity index (χ1v) is 9.40. The van der Waals surface area contributed by atoms with Gasteiger partial charge in [-0.15, -0.1) is 0 Å². The number of methoxy groups -OCH3 is 1. The molecule has 0 aromatic heterocycles. The van der Waals surface area contributed by atoms with Crippen LogP contribution in [-0.2, 0) is 9.53 Å². The smallest absolute Gasteiger partial charge is 0.236 e. The molecule has 1 amide bonds. The van der Waals surface area contributed by atoms with E-state index in [-0.39, 0.29) is 0 Å². The predicted molar refractivity (Wildman–Crippen MR) is 93.6 cm³/mol. The Morgan fingerprint density at radius 3 is 2.57 bits per heavy atom. The third-order valence-electron chi connectivity index (χ3n) is 5.47. The van der Waals surface area contributed by atoms with Crippen LogP contribution < -0.4 is 0 Å². The Balaban J connectivity index is 1.80. The topological polar surface area (TPSA) is 36.0 Å². The molecule has 2 fully saturated rings. The van der Waals surface area contributed by atoms with Gasteiger partial charge in [0.1, 0.15) is 0 Å². The highest BCUT2D eigenvalue weighted by Gasteiger charge is 2.28. The van der Waals surface area contributed by atoms with Crippen LogP contribution in [0, 0.1) is 0 Å². The van der Waals surface area contributed by atoms with Crippen LogP contribution in [0.4, 0.5) is 0 Å². The number of hydrogen-bond acceptors (Lipinski definition) is 4. The summed E-state index contributed by atoms with van der Waals surface area (Å²) in [4.78, 5) is 19.7. The minimum Gasteiger partial charge on any atom is -0.383 e. The second-order valence-electron chi connectivity index (χ2n) is 7.08. The zero-order valence-electron chi connectivity index (χ0n) is 15.3. The molecular weight excluding hydrogens is 290 g/mol. The number of piperazine rings is 1. The second kappa shape index (κ2) is 9.60. The largest absolute Gasteiger partial charge is 0.383 e. The fourth-order valence-corrected chi connectivity index (χ4v) is 4.07. The summed E-state index contributed by atoms with van der Waals surface area (Å²) < 4.78 is 5.18. The van der Waals surface area contributed by atoms with Gasteiger partial charge in [-0.1, -0.05) is 19.3 Å². The Kier molecular flexibility index (Phi) is 7.80. The van der Waals surface area contributed by atoms with E-state index in [9.17, 15) is 4.79 Å². The summed E-state index contributed by atoms with van der Waals surface area (Å²) in [5.74, 6) is 0.331. The monoisotopic (exact) mass is 325 g/mol. The lowest BCUT2D eigenvalue weighted by Gasteiger charge is -2.41. The fraction of sp³-hybridized carbons (Fsp3) is 0.944. The fourth-order valence-electron chi connectivity index (χ4n) is 4.07. The van der Waals surface area contributed by atoms with Crippen molar-refractivity contribution in [3.05, 3.63) is 0 Å². The standard InChI is InChI=1S/C18H35N3O2/c1-4-21(17-8-6-5-7-9-17)18(22)15-19-10-11-20(12-13-23-3)16(2)14-19/h16-17H,4-15H2,1-3H3/t16-/m0/s1. The van der Waals surface area contributed by atoms with Crippen LogP contribution >= 0.6 is 0 Å². The van der Waals surface area contributed by atoms with Gasteiger partial charge in [-0.25, -0.2) is 0 Å². The molecule has 1 heterocycles. The number of likely N-dealkylation sites (N-methyl/N-ethyl adjacent to an activating group) is 1. The van der Waals surface area contributed by atoms with Crippen molar-refractivity contribution >= 4 is 5.91 Å². The highest BCUT2D eigenvalue weighted by molar-refractivity contribution is 5.78. The van der Waals surface area contributed by atoms with Crippen LogP contribution in [0.25, 0.3) is 0 Å². The molecule has 1 saturated heterocycles. The van der Waals surface area contributed by atoms with E-state index < -0.39 is 0 Å². The van der Waals surface area contributed by atoms with E-state index in [0.29, 0.717) is 24.5 Å². The predicted octanol–water partition coefficient (Wildman–Crippen LogP) is 1.82. The van der Waals surface area contributed by atoms with Gasteiger partial charge in [0.15, 0.2) is 0 Å². The van der Waals surface area contributed by atoms with Crippen molar-refractivity contribution in [2.24, 2.45) is 0 Å². The summed E-state index contributed by atoms with van der Waals surface area (Å²) >= 11 is 0. The van der Waals surface area contributed by atoms with Crippen molar-refractivity contribution in [3.63, 3.8) is 0 Å². The Bertz CT molecular complexity index is 358. The van der Waals surface area contributed by atoms with Crippen molar-refractivity contribution in [1.29, 1.82) is 0 Å². The van der Waals surface area contributed by atoms with Crippen molar-refractivity contribution in [3.8, 4) is 0 Å². The summed E-state index contributed by atoms with van der Waals surface area (Å²) in [7, 11) is 1.75. The Labute approximate surface area is 141 Å². The van der Waals surface area contributed by atoms with Crippen molar-refractivity contribution in [1.82, 2.24) is 14.7 Å². The van der Waals surface area contributed by atoms with Crippen LogP contribution in [0.15, 0.2) is 0 Å². The summed E-state index contributed by atoms with van der Waals surface area (Å²) in [5, 5.41) is 0. The van der Waals surface area contributed by atoms with E-state index in [1.54, 1.807) is 7.11 Å². The summed E-state index contributed by atoms with van der Waals surface area (Å²) in [6.07, 6.45) is 6.29. The van der Waals surface area contributed by atoms with Gasteiger partial charge in [-0.2, -0.15) is 0 Å². The minimum atomic E-state index is 0.331. The van der Waals surface area contributed by atoms with E-state index in [1.807, 2.05) is 0 Å². The molecule has 0 aromatic rings. The molecule has 1 aliphatic carbocycles. The molecule has 1 atom stereocenters. The quantitative estimate of drug-likeness (QED) is 0.715. The number of hydrogen-bond donors (Lipinski definition) is 0. The van der Waals surface area contributed by atoms with Gasteiger partial charge in [-0.05, 0) is 26.7 Å². The van der Waals surface area contributed by atoms with Gasteiger partial charge in [0.05, 0.1) is 13.2 Å². The van der Waals surface area contributed by atoms with Crippen molar-refractivity contribution in [2.45, 2.75) is 58.0 Å². The second-order valence-corrected chi connectivity index (χ2v) is 7.08. The van der Waals surface area contributed by atoms with Gasteiger partial charge < -0.3 is 9.64 Å². The Morgan fingerprint density at radius 1 is 1.22 bits per heavy atom. The molecule has 23 heavy (non-hydrogen) atoms. The molecule has 134 valence electrons. The van der Waals surface area contributed by atoms with Crippen molar-refractivity contribution in [2.75, 3.05) is 53.0 Å². The first-order chi connectivity index (χ1) is 11.2. The van der Waals surface area contributed by atoms with Crippen LogP contribution in [-0.4, -0.2) is 85.7 Å². The van der Waals surface area contributed by atoms with E-state index in [4.69, 9.17) is 4.74 Å². The molecule has 2 rings (SSSR count). The van der Waals surface area contributed by atoms with Crippen LogP contribution in [0.1, 0.15) is 46.0 Å². The number of ether oxygens (including phenoxy) is 1. The third kappa shape index (κ3) is 5.44. The molecule has 0 radical (unpaired) electrons. The zero-order valence-corrected chi connectivity index (χ0v) is 15.3. The minimum absolute atomic E-state index is 0.331. The van der Waals surface area contributed by atoms with Gasteiger partial charge in [0, 0.05) is 51.9 Å². The Hall–Kier alpha value is -0.650. The summed E-state index contributed by atoms with van der Waals surface area (Å²) in [6, 6.07) is 0.984. The molecule has 0 aromatic carbocycles. The van der Waals surface area contributed by atoms with Crippen LogP contribution in [0.2, 0.25) is 0 Å². The van der Waals surface area contributed by atoms with Crippen molar-refractivity contribution < 1.29 is 9.53 Å². The maximum absolute atomic E-state index is 12.8. The average Bonchev–Trinajstić information content (AvgIpc) is 2.56. The maximum atomic E-state index is 12.8. The Morgan fingerprint density at radius 2 is 1.96 bits per heavy atom. The molecule has 2 aliphatic rings. The number of carbonyl (C=O) groups excluding carboxylic acids is 1. The summed E-state index contributed by atoms with van der Waals surface area (Å²) in [6.45, 7) is 10.6. The van der Waals surface area contributed by atoms with Gasteiger partial charge in [-0.3, -0.25) is 14.6 Å². The van der Waals surface area contributed by atoms with Gasteiger partial charge >= 0.3 is 0 Å². The molecule has 1 saturated carbocycles. The molecule has 5 heteroatoms. The number of amides is 1. The normalized spacial score (nSPS) is 24.7. The first kappa shape index (κ1) is 18.7. The average molecular weight is 325 g/mol. The summed E-state index contributed by atoms with van der Waals surface area (Å²) in [5.41, 5.74) is 0. The molecule has 5 nitrogen and oxygen atoms in total. The van der Waals surface area contributed by atoms with Crippen LogP contribution in [0.5, 0.6) is 0 Å². The molecular formula is C18H35N3O2. The SMILES string of the molecule is CCN(C(=O)CN1CCN(CCOC)[C@@H](C)C1)C1CCCCC1. The van der Waals surface area contributed by atoms with E-state index >= 15 is 0 Å². The molecule has 0 spiro atoms. The van der Waals surface area contributed by atoms with Gasteiger partial charge in [0.2, 0.25) is 5.91 Å². The highest BCUT2D eigenvalue weighted by Crippen LogP contribution is 2.23. The maximum Gasteiger partial charge on any atom is 0.236 e. The number of rotatable bonds is 7. The molecule has 1 aliphatic heterocycles. The lowest BCUT2D eigenvalue weighted by molar-refractivity contribution is -0.136. The highest BCUT2D eigenvalue weighted by atomic mass is 16.5. The van der Waals surface area contributed by atoms with Crippen LogP contribution in [0.3, 0.4) is 0 Å². The zero-order chi connectivity index (χ0) is 16.7. The molecule has 0 N–H and O–H groups in total. The van der Waals surface area contributed by atoms with E-state index in [0.717, 1.165) is 39.3 Å². The van der Waals surface area contributed by atoms with E-state index in [2.05, 4.69) is 28.5 Å². The molecule has 0 unspecified atom stereocenters. The molecule has 0 bridgehead atoms. The number of nitrogens with zero attached hydrogens (tertiary/aromatic N) is 3. The lowest BCUT2D eigenvalue weighted by atomic mass is 9.94.